The summed E-state index contributed by atoms with van der Waals surface area (Å²) in [6.07, 6.45) is 0. The molecule has 0 fully saturated rings. The summed E-state index contributed by atoms with van der Waals surface area (Å²) in [5.74, 6) is 0.799. The zero-order chi connectivity index (χ0) is 15.1. The molecule has 0 bridgehead atoms. The summed E-state index contributed by atoms with van der Waals surface area (Å²) in [6.45, 7) is 1.91. The van der Waals surface area contributed by atoms with Crippen molar-refractivity contribution in [3.8, 4) is 5.69 Å². The Bertz CT molecular complexity index is 828. The quantitative estimate of drug-likeness (QED) is 0.409. The predicted molar refractivity (Wildman–Crippen MR) is 95.7 cm³/mol. The number of nitrogens with zero attached hydrogens (tertiary/aromatic N) is 2. The first kappa shape index (κ1) is 15.3. The van der Waals surface area contributed by atoms with Crippen molar-refractivity contribution >= 4 is 66.1 Å². The number of imidazole rings is 1. The topological polar surface area (TPSA) is 17.8 Å². The maximum atomic E-state index is 6.32. The van der Waals surface area contributed by atoms with E-state index in [4.69, 9.17) is 23.2 Å². The largest absolute Gasteiger partial charge is 0.294 e. The smallest absolute Gasteiger partial charge is 0.132 e. The third kappa shape index (κ3) is 2.87. The van der Waals surface area contributed by atoms with Gasteiger partial charge in [0.05, 0.1) is 22.1 Å². The van der Waals surface area contributed by atoms with Crippen LogP contribution in [0.15, 0.2) is 45.3 Å². The summed E-state index contributed by atoms with van der Waals surface area (Å²) < 4.78 is 3.94. The summed E-state index contributed by atoms with van der Waals surface area (Å²) >= 11 is 19.4. The van der Waals surface area contributed by atoms with E-state index >= 15 is 0 Å². The van der Waals surface area contributed by atoms with Crippen molar-refractivity contribution in [3.63, 3.8) is 0 Å². The predicted octanol–water partition coefficient (Wildman–Crippen LogP) is 6.50. The van der Waals surface area contributed by atoms with Crippen molar-refractivity contribution in [3.05, 3.63) is 56.2 Å². The first-order valence-corrected chi connectivity index (χ1v) is 8.65. The van der Waals surface area contributed by atoms with E-state index in [1.807, 2.05) is 43.3 Å². The van der Waals surface area contributed by atoms with Crippen molar-refractivity contribution in [2.24, 2.45) is 0 Å². The van der Waals surface area contributed by atoms with Crippen LogP contribution in [0.1, 0.15) is 18.1 Å². The van der Waals surface area contributed by atoms with Gasteiger partial charge in [0.25, 0.3) is 0 Å². The molecule has 0 aliphatic heterocycles. The summed E-state index contributed by atoms with van der Waals surface area (Å²) in [7, 11) is 0. The Morgan fingerprint density at radius 1 is 1.14 bits per heavy atom. The Kier molecular flexibility index (Phi) is 4.33. The third-order valence-corrected chi connectivity index (χ3v) is 4.71. The molecule has 1 heterocycles. The van der Waals surface area contributed by atoms with Gasteiger partial charge in [-0.1, -0.05) is 27.5 Å². The molecule has 0 aliphatic carbocycles. The average molecular weight is 449 g/mol. The van der Waals surface area contributed by atoms with Crippen LogP contribution in [0.5, 0.6) is 0 Å². The van der Waals surface area contributed by atoms with Gasteiger partial charge in [-0.05, 0) is 59.3 Å². The fourth-order valence-electron chi connectivity index (χ4n) is 2.25. The number of hydrogen-bond acceptors (Lipinski definition) is 1. The molecule has 0 radical (unpaired) electrons. The number of rotatable bonds is 2. The van der Waals surface area contributed by atoms with Crippen LogP contribution < -0.4 is 0 Å². The summed E-state index contributed by atoms with van der Waals surface area (Å²) in [5, 5.41) is 0.469. The van der Waals surface area contributed by atoms with Gasteiger partial charge in [-0.3, -0.25) is 4.57 Å². The molecule has 2 nitrogen and oxygen atoms in total. The maximum Gasteiger partial charge on any atom is 0.132 e. The highest BCUT2D eigenvalue weighted by molar-refractivity contribution is 9.10. The zero-order valence-corrected chi connectivity index (χ0v) is 15.6. The van der Waals surface area contributed by atoms with Gasteiger partial charge >= 0.3 is 0 Å². The van der Waals surface area contributed by atoms with E-state index in [-0.39, 0.29) is 5.38 Å². The molecule has 108 valence electrons. The molecule has 3 aromatic rings. The van der Waals surface area contributed by atoms with Gasteiger partial charge in [0.15, 0.2) is 0 Å². The Morgan fingerprint density at radius 3 is 2.57 bits per heavy atom. The van der Waals surface area contributed by atoms with Crippen LogP contribution in [-0.4, -0.2) is 9.55 Å². The van der Waals surface area contributed by atoms with E-state index in [0.29, 0.717) is 5.02 Å². The third-order valence-electron chi connectivity index (χ3n) is 3.15. The molecule has 0 saturated carbocycles. The van der Waals surface area contributed by atoms with E-state index in [1.54, 1.807) is 0 Å². The first-order chi connectivity index (χ1) is 9.97. The first-order valence-electron chi connectivity index (χ1n) is 6.25. The average Bonchev–Trinajstić information content (AvgIpc) is 2.77. The molecule has 1 aromatic heterocycles. The van der Waals surface area contributed by atoms with Gasteiger partial charge in [0.1, 0.15) is 5.82 Å². The maximum absolute atomic E-state index is 6.32. The molecular weight excluding hydrogens is 439 g/mol. The fourth-order valence-corrected chi connectivity index (χ4v) is 3.61. The van der Waals surface area contributed by atoms with Crippen LogP contribution in [0, 0.1) is 0 Å². The second-order valence-electron chi connectivity index (χ2n) is 4.65. The zero-order valence-electron chi connectivity index (χ0n) is 10.9. The fraction of sp³-hybridized carbons (Fsp3) is 0.133. The Morgan fingerprint density at radius 2 is 1.90 bits per heavy atom. The summed E-state index contributed by atoms with van der Waals surface area (Å²) in [5.41, 5.74) is 2.86. The lowest BCUT2D eigenvalue weighted by Gasteiger charge is -2.12. The normalized spacial score (nSPS) is 12.8. The van der Waals surface area contributed by atoms with Crippen LogP contribution in [-0.2, 0) is 0 Å². The van der Waals surface area contributed by atoms with Crippen molar-refractivity contribution in [2.45, 2.75) is 12.3 Å². The number of alkyl halides is 1. The molecule has 1 unspecified atom stereocenters. The number of halogens is 4. The Labute approximate surface area is 149 Å². The van der Waals surface area contributed by atoms with Crippen molar-refractivity contribution in [1.82, 2.24) is 9.55 Å². The number of hydrogen-bond donors (Lipinski definition) is 0. The SMILES string of the molecule is CC(Cl)c1nc2cc(Br)ccc2n1-c1ccc(Cl)cc1Br. The minimum absolute atomic E-state index is 0.209. The van der Waals surface area contributed by atoms with Crippen LogP contribution in [0.3, 0.4) is 0 Å². The summed E-state index contributed by atoms with van der Waals surface area (Å²) in [6, 6.07) is 11.7. The van der Waals surface area contributed by atoms with Gasteiger partial charge in [-0.25, -0.2) is 4.98 Å². The molecule has 0 amide bonds. The molecule has 21 heavy (non-hydrogen) atoms. The number of fused-ring (bicyclic) bond motifs is 1. The van der Waals surface area contributed by atoms with E-state index in [9.17, 15) is 0 Å². The lowest BCUT2D eigenvalue weighted by Crippen LogP contribution is -2.02. The van der Waals surface area contributed by atoms with Gasteiger partial charge in [-0.2, -0.15) is 0 Å². The highest BCUT2D eigenvalue weighted by Gasteiger charge is 2.18. The van der Waals surface area contributed by atoms with Gasteiger partial charge in [0.2, 0.25) is 0 Å². The van der Waals surface area contributed by atoms with Crippen molar-refractivity contribution in [2.75, 3.05) is 0 Å². The molecular formula is C15H10Br2Cl2N2. The van der Waals surface area contributed by atoms with Crippen LogP contribution in [0.4, 0.5) is 0 Å². The lowest BCUT2D eigenvalue weighted by molar-refractivity contribution is 0.880. The lowest BCUT2D eigenvalue weighted by atomic mass is 10.2. The minimum Gasteiger partial charge on any atom is -0.294 e. The summed E-state index contributed by atoms with van der Waals surface area (Å²) in [4.78, 5) is 4.66. The molecule has 0 saturated heterocycles. The van der Waals surface area contributed by atoms with Gasteiger partial charge in [0, 0.05) is 14.0 Å². The molecule has 6 heteroatoms. The number of benzene rings is 2. The highest BCUT2D eigenvalue weighted by atomic mass is 79.9. The van der Waals surface area contributed by atoms with Gasteiger partial charge in [-0.15, -0.1) is 11.6 Å². The van der Waals surface area contributed by atoms with Crippen molar-refractivity contribution < 1.29 is 0 Å². The second-order valence-corrected chi connectivity index (χ2v) is 7.51. The molecule has 0 N–H and O–H groups in total. The standard InChI is InChI=1S/C15H10Br2Cl2N2/c1-8(18)15-20-12-6-9(16)2-4-14(12)21(15)13-5-3-10(19)7-11(13)17/h2-8H,1H3. The Hall–Kier alpha value is -0.550. The van der Waals surface area contributed by atoms with Gasteiger partial charge < -0.3 is 0 Å². The molecule has 3 rings (SSSR count). The minimum atomic E-state index is -0.209. The van der Waals surface area contributed by atoms with Crippen molar-refractivity contribution in [1.29, 1.82) is 0 Å². The molecule has 1 atom stereocenters. The second kappa shape index (κ2) is 5.92. The Balaban J connectivity index is 2.36. The molecule has 0 spiro atoms. The van der Waals surface area contributed by atoms with E-state index < -0.39 is 0 Å². The molecule has 2 aromatic carbocycles. The van der Waals surface area contributed by atoms with E-state index in [2.05, 4.69) is 41.4 Å². The number of aromatic nitrogens is 2. The van der Waals surface area contributed by atoms with Crippen LogP contribution in [0.2, 0.25) is 5.02 Å². The van der Waals surface area contributed by atoms with Crippen LogP contribution in [0.25, 0.3) is 16.7 Å². The highest BCUT2D eigenvalue weighted by Crippen LogP contribution is 2.33. The van der Waals surface area contributed by atoms with E-state index in [0.717, 1.165) is 31.5 Å². The van der Waals surface area contributed by atoms with E-state index in [1.165, 1.54) is 0 Å². The van der Waals surface area contributed by atoms with Crippen LogP contribution >= 0.6 is 55.1 Å². The monoisotopic (exact) mass is 446 g/mol. The molecule has 0 aliphatic rings.